The summed E-state index contributed by atoms with van der Waals surface area (Å²) in [5, 5.41) is 6.36. The van der Waals surface area contributed by atoms with Gasteiger partial charge in [0.15, 0.2) is 0 Å². The van der Waals surface area contributed by atoms with Gasteiger partial charge in [-0.25, -0.2) is 0 Å². The van der Waals surface area contributed by atoms with Crippen LogP contribution in [-0.2, 0) is 11.3 Å². The molecule has 3 aliphatic rings. The van der Waals surface area contributed by atoms with Crippen LogP contribution in [0, 0.1) is 0 Å². The van der Waals surface area contributed by atoms with Crippen molar-refractivity contribution in [3.05, 3.63) is 41.6 Å². The van der Waals surface area contributed by atoms with Gasteiger partial charge in [0.25, 0.3) is 5.91 Å². The van der Waals surface area contributed by atoms with Gasteiger partial charge in [0.1, 0.15) is 17.9 Å². The number of likely N-dealkylation sites (N-methyl/N-ethyl adjacent to an activating group) is 1. The first-order chi connectivity index (χ1) is 14.1. The Hall–Kier alpha value is -2.34. The van der Waals surface area contributed by atoms with E-state index in [1.807, 2.05) is 18.2 Å². The summed E-state index contributed by atoms with van der Waals surface area (Å²) in [7, 11) is 0. The van der Waals surface area contributed by atoms with Crippen molar-refractivity contribution < 1.29 is 14.3 Å². The number of ether oxygens (including phenoxy) is 1. The second-order valence-electron chi connectivity index (χ2n) is 8.36. The van der Waals surface area contributed by atoms with Crippen molar-refractivity contribution in [2.24, 2.45) is 0 Å². The number of benzene rings is 1. The fourth-order valence-electron chi connectivity index (χ4n) is 4.79. The minimum Gasteiger partial charge on any atom is -0.489 e. The second-order valence-corrected chi connectivity index (χ2v) is 8.36. The zero-order valence-corrected chi connectivity index (χ0v) is 17.2. The maximum Gasteiger partial charge on any atom is 0.255 e. The summed E-state index contributed by atoms with van der Waals surface area (Å²) in [6, 6.07) is 5.68. The molecule has 2 N–H and O–H groups in total. The highest BCUT2D eigenvalue weighted by Crippen LogP contribution is 2.32. The molecular formula is C23H31N3O3. The molecule has 29 heavy (non-hydrogen) atoms. The third kappa shape index (κ3) is 4.17. The van der Waals surface area contributed by atoms with Crippen LogP contribution in [0.2, 0.25) is 0 Å². The summed E-state index contributed by atoms with van der Waals surface area (Å²) in [5.74, 6) is 0.611. The average Bonchev–Trinajstić information content (AvgIpc) is 2.86. The molecule has 2 heterocycles. The Balaban J connectivity index is 1.48. The molecule has 6 heteroatoms. The lowest BCUT2D eigenvalue weighted by Gasteiger charge is -2.30. The molecule has 2 fully saturated rings. The summed E-state index contributed by atoms with van der Waals surface area (Å²) in [5.41, 5.74) is 2.35. The fourth-order valence-corrected chi connectivity index (χ4v) is 4.79. The highest BCUT2D eigenvalue weighted by molar-refractivity contribution is 6.01. The normalized spacial score (nSPS) is 27.4. The molecule has 156 valence electrons. The van der Waals surface area contributed by atoms with Crippen LogP contribution in [-0.4, -0.2) is 41.4 Å². The molecule has 1 aromatic rings. The van der Waals surface area contributed by atoms with Gasteiger partial charge in [-0.3, -0.25) is 9.59 Å². The van der Waals surface area contributed by atoms with E-state index in [1.54, 1.807) is 4.90 Å². The Morgan fingerprint density at radius 3 is 2.83 bits per heavy atom. The summed E-state index contributed by atoms with van der Waals surface area (Å²) in [6.07, 6.45) is 7.35. The summed E-state index contributed by atoms with van der Waals surface area (Å²) in [4.78, 5) is 26.9. The predicted molar refractivity (Wildman–Crippen MR) is 112 cm³/mol. The number of amides is 2. The Bertz CT molecular complexity index is 807. The van der Waals surface area contributed by atoms with Crippen LogP contribution in [0.4, 0.5) is 0 Å². The largest absolute Gasteiger partial charge is 0.489 e. The smallest absolute Gasteiger partial charge is 0.255 e. The van der Waals surface area contributed by atoms with E-state index in [0.717, 1.165) is 36.4 Å². The minimum atomic E-state index is -0.426. The van der Waals surface area contributed by atoms with E-state index in [-0.39, 0.29) is 17.9 Å². The Labute approximate surface area is 172 Å². The van der Waals surface area contributed by atoms with Gasteiger partial charge < -0.3 is 20.3 Å². The van der Waals surface area contributed by atoms with E-state index in [9.17, 15) is 9.59 Å². The molecule has 1 aromatic carbocycles. The molecule has 0 bridgehead atoms. The maximum absolute atomic E-state index is 12.9. The third-order valence-electron chi connectivity index (χ3n) is 6.31. The Kier molecular flexibility index (Phi) is 5.90. The number of nitrogens with one attached hydrogen (secondary N) is 2. The Morgan fingerprint density at radius 2 is 2.03 bits per heavy atom. The number of hydrogen-bond donors (Lipinski definition) is 2. The molecule has 2 aliphatic heterocycles. The number of fused-ring (bicyclic) bond motifs is 1. The third-order valence-corrected chi connectivity index (χ3v) is 6.31. The molecule has 6 nitrogen and oxygen atoms in total. The zero-order chi connectivity index (χ0) is 20.4. The number of rotatable bonds is 5. The van der Waals surface area contributed by atoms with Crippen LogP contribution < -0.4 is 15.4 Å². The molecule has 0 aromatic heterocycles. The molecular weight excluding hydrogens is 366 g/mol. The van der Waals surface area contributed by atoms with Crippen molar-refractivity contribution in [3.63, 3.8) is 0 Å². The number of carbonyl (C=O) groups excluding carboxylic acids is 2. The first kappa shape index (κ1) is 20.0. The van der Waals surface area contributed by atoms with Gasteiger partial charge in [0.05, 0.1) is 0 Å². The number of piperidine rings is 1. The molecule has 1 saturated heterocycles. The number of carbonyl (C=O) groups is 2. The van der Waals surface area contributed by atoms with Crippen molar-refractivity contribution in [2.75, 3.05) is 6.54 Å². The van der Waals surface area contributed by atoms with E-state index in [2.05, 4.69) is 24.1 Å². The summed E-state index contributed by atoms with van der Waals surface area (Å²) < 4.78 is 6.39. The molecule has 0 radical (unpaired) electrons. The first-order valence-corrected chi connectivity index (χ1v) is 10.9. The molecule has 1 saturated carbocycles. The predicted octanol–water partition coefficient (Wildman–Crippen LogP) is 3.12. The van der Waals surface area contributed by atoms with Gasteiger partial charge in [-0.15, -0.1) is 0 Å². The van der Waals surface area contributed by atoms with Crippen LogP contribution in [0.3, 0.4) is 0 Å². The molecule has 0 spiro atoms. The van der Waals surface area contributed by atoms with Crippen LogP contribution in [0.1, 0.15) is 67.8 Å². The second kappa shape index (κ2) is 8.57. The first-order valence-electron chi connectivity index (χ1n) is 10.9. The zero-order valence-electron chi connectivity index (χ0n) is 17.2. The highest BCUT2D eigenvalue weighted by atomic mass is 16.5. The molecule has 1 aliphatic carbocycles. The summed E-state index contributed by atoms with van der Waals surface area (Å²) in [6.45, 7) is 7.35. The highest BCUT2D eigenvalue weighted by Gasteiger charge is 2.38. The van der Waals surface area contributed by atoms with Gasteiger partial charge in [-0.1, -0.05) is 26.3 Å². The summed E-state index contributed by atoms with van der Waals surface area (Å²) >= 11 is 0. The minimum absolute atomic E-state index is 0.0702. The van der Waals surface area contributed by atoms with Gasteiger partial charge in [0, 0.05) is 23.8 Å². The van der Waals surface area contributed by atoms with Crippen molar-refractivity contribution >= 4 is 11.8 Å². The number of hydrogen-bond acceptors (Lipinski definition) is 4. The van der Waals surface area contributed by atoms with Crippen molar-refractivity contribution in [2.45, 2.75) is 76.6 Å². The van der Waals surface area contributed by atoms with Crippen LogP contribution in [0.25, 0.3) is 0 Å². The van der Waals surface area contributed by atoms with E-state index in [1.165, 1.54) is 19.3 Å². The quantitative estimate of drug-likeness (QED) is 0.749. The van der Waals surface area contributed by atoms with Gasteiger partial charge in [-0.05, 0) is 62.4 Å². The molecule has 4 rings (SSSR count). The fraction of sp³-hybridized carbons (Fsp3) is 0.565. The van der Waals surface area contributed by atoms with Gasteiger partial charge in [-0.2, -0.15) is 0 Å². The SMILES string of the molecule is C=C1CCC(N2Cc3cc(O[C@@H]4CCCCC[C@@H]4NCC)ccc3C2=O)C(=O)N1. The Morgan fingerprint density at radius 1 is 1.21 bits per heavy atom. The monoisotopic (exact) mass is 397 g/mol. The van der Waals surface area contributed by atoms with E-state index < -0.39 is 6.04 Å². The van der Waals surface area contributed by atoms with Gasteiger partial charge >= 0.3 is 0 Å². The van der Waals surface area contributed by atoms with E-state index >= 15 is 0 Å². The van der Waals surface area contributed by atoms with E-state index in [0.29, 0.717) is 31.0 Å². The van der Waals surface area contributed by atoms with Gasteiger partial charge in [0.2, 0.25) is 5.91 Å². The topological polar surface area (TPSA) is 70.7 Å². The lowest BCUT2D eigenvalue weighted by atomic mass is 10.0. The lowest BCUT2D eigenvalue weighted by Crippen LogP contribution is -2.49. The van der Waals surface area contributed by atoms with Crippen molar-refractivity contribution in [3.8, 4) is 5.75 Å². The van der Waals surface area contributed by atoms with Crippen LogP contribution >= 0.6 is 0 Å². The lowest BCUT2D eigenvalue weighted by molar-refractivity contribution is -0.126. The van der Waals surface area contributed by atoms with Crippen LogP contribution in [0.5, 0.6) is 5.75 Å². The molecule has 1 unspecified atom stereocenters. The molecule has 2 amide bonds. The number of allylic oxidation sites excluding steroid dienone is 1. The number of nitrogens with zero attached hydrogens (tertiary/aromatic N) is 1. The average molecular weight is 398 g/mol. The van der Waals surface area contributed by atoms with E-state index in [4.69, 9.17) is 4.74 Å². The maximum atomic E-state index is 12.9. The standard InChI is InChI=1S/C23H31N3O3/c1-3-24-19-7-5-4-6-8-21(19)29-17-10-11-18-16(13-17)14-26(23(18)28)20-12-9-15(2)25-22(20)27/h10-11,13,19-21,24H,2-9,12,14H2,1H3,(H,25,27)/t19-,20?,21+/m0/s1. The molecule has 3 atom stereocenters. The van der Waals surface area contributed by atoms with Crippen molar-refractivity contribution in [1.29, 1.82) is 0 Å². The van der Waals surface area contributed by atoms with Crippen LogP contribution in [0.15, 0.2) is 30.5 Å². The van der Waals surface area contributed by atoms with Crippen molar-refractivity contribution in [1.82, 2.24) is 15.5 Å².